The van der Waals surface area contributed by atoms with E-state index in [0.717, 1.165) is 16.9 Å². The maximum atomic E-state index is 13.1. The van der Waals surface area contributed by atoms with Gasteiger partial charge in [0.1, 0.15) is 0 Å². The Morgan fingerprint density at radius 3 is 2.89 bits per heavy atom. The highest BCUT2D eigenvalue weighted by Gasteiger charge is 2.30. The fourth-order valence-corrected chi connectivity index (χ4v) is 3.19. The molecule has 7 heteroatoms. The number of benzene rings is 1. The van der Waals surface area contributed by atoms with Crippen molar-refractivity contribution < 1.29 is 19.4 Å². The molecule has 1 fully saturated rings. The van der Waals surface area contributed by atoms with Crippen LogP contribution in [0, 0.1) is 6.92 Å². The number of nitrogens with zero attached hydrogens (tertiary/aromatic N) is 2. The Hall–Kier alpha value is -2.93. The van der Waals surface area contributed by atoms with E-state index in [9.17, 15) is 9.59 Å². The first kappa shape index (κ1) is 18.8. The Bertz CT molecular complexity index is 810. The van der Waals surface area contributed by atoms with Crippen LogP contribution in [-0.4, -0.2) is 52.7 Å². The second-order valence-corrected chi connectivity index (χ2v) is 6.48. The van der Waals surface area contributed by atoms with E-state index in [1.54, 1.807) is 17.2 Å². The van der Waals surface area contributed by atoms with E-state index in [0.29, 0.717) is 25.3 Å². The molecule has 1 atom stereocenters. The van der Waals surface area contributed by atoms with Crippen LogP contribution in [0.3, 0.4) is 0 Å². The number of hydrogen-bond donors (Lipinski definition) is 2. The zero-order chi connectivity index (χ0) is 19.2. The van der Waals surface area contributed by atoms with Gasteiger partial charge in [0.05, 0.1) is 37.9 Å². The van der Waals surface area contributed by atoms with E-state index in [-0.39, 0.29) is 18.9 Å². The number of carboxylic acid groups (broad SMARTS) is 1. The van der Waals surface area contributed by atoms with E-state index >= 15 is 0 Å². The first-order valence-electron chi connectivity index (χ1n) is 8.90. The number of carboxylic acids is 1. The molecule has 0 bridgehead atoms. The Balaban J connectivity index is 1.77. The van der Waals surface area contributed by atoms with Crippen LogP contribution in [0.5, 0.6) is 0 Å². The Morgan fingerprint density at radius 1 is 1.30 bits per heavy atom. The predicted molar refractivity (Wildman–Crippen MR) is 101 cm³/mol. The van der Waals surface area contributed by atoms with Crippen LogP contribution in [-0.2, 0) is 16.1 Å². The number of nitrogens with one attached hydrogen (secondary N) is 1. The van der Waals surface area contributed by atoms with Crippen LogP contribution in [0.15, 0.2) is 42.6 Å². The van der Waals surface area contributed by atoms with Crippen molar-refractivity contribution in [2.45, 2.75) is 25.9 Å². The van der Waals surface area contributed by atoms with Gasteiger partial charge in [-0.1, -0.05) is 12.1 Å². The van der Waals surface area contributed by atoms with Gasteiger partial charge in [0.25, 0.3) is 5.91 Å². The minimum Gasteiger partial charge on any atom is -0.481 e. The smallest absolute Gasteiger partial charge is 0.305 e. The van der Waals surface area contributed by atoms with E-state index in [1.165, 1.54) is 0 Å². The van der Waals surface area contributed by atoms with E-state index in [2.05, 4.69) is 10.3 Å². The average molecular weight is 369 g/mol. The maximum Gasteiger partial charge on any atom is 0.305 e. The maximum absolute atomic E-state index is 13.1. The highest BCUT2D eigenvalue weighted by molar-refractivity contribution is 5.97. The highest BCUT2D eigenvalue weighted by Crippen LogP contribution is 2.23. The number of carbonyl (C=O) groups is 2. The van der Waals surface area contributed by atoms with Gasteiger partial charge in [-0.25, -0.2) is 0 Å². The normalized spacial score (nSPS) is 16.8. The number of ether oxygens (including phenoxy) is 1. The lowest BCUT2D eigenvalue weighted by Crippen LogP contribution is -2.49. The number of anilines is 1. The summed E-state index contributed by atoms with van der Waals surface area (Å²) in [5.74, 6) is -1.10. The lowest BCUT2D eigenvalue weighted by Gasteiger charge is -2.35. The summed E-state index contributed by atoms with van der Waals surface area (Å²) in [6.07, 6.45) is 1.62. The van der Waals surface area contributed by atoms with Gasteiger partial charge in [-0.2, -0.15) is 0 Å². The summed E-state index contributed by atoms with van der Waals surface area (Å²) in [5, 5.41) is 12.4. The third kappa shape index (κ3) is 4.62. The average Bonchev–Trinajstić information content (AvgIpc) is 2.67. The largest absolute Gasteiger partial charge is 0.481 e. The molecule has 27 heavy (non-hydrogen) atoms. The van der Waals surface area contributed by atoms with Crippen molar-refractivity contribution in [2.24, 2.45) is 0 Å². The quantitative estimate of drug-likeness (QED) is 0.812. The molecule has 0 saturated carbocycles. The molecule has 1 aromatic carbocycles. The van der Waals surface area contributed by atoms with E-state index in [4.69, 9.17) is 9.84 Å². The molecular weight excluding hydrogens is 346 g/mol. The number of amides is 1. The van der Waals surface area contributed by atoms with Gasteiger partial charge in [0.2, 0.25) is 0 Å². The summed E-state index contributed by atoms with van der Waals surface area (Å²) in [6, 6.07) is 10.8. The molecular formula is C20H23N3O4. The molecule has 3 rings (SSSR count). The van der Waals surface area contributed by atoms with E-state index in [1.807, 2.05) is 37.3 Å². The van der Waals surface area contributed by atoms with Crippen LogP contribution in [0.25, 0.3) is 0 Å². The Kier molecular flexibility index (Phi) is 6.03. The molecule has 0 aliphatic carbocycles. The van der Waals surface area contributed by atoms with Crippen LogP contribution in [0.4, 0.5) is 5.69 Å². The lowest BCUT2D eigenvalue weighted by atomic mass is 10.0. The molecule has 2 heterocycles. The number of hydrogen-bond acceptors (Lipinski definition) is 5. The van der Waals surface area contributed by atoms with Gasteiger partial charge in [0, 0.05) is 24.0 Å². The van der Waals surface area contributed by atoms with Crippen molar-refractivity contribution in [3.8, 4) is 0 Å². The minimum atomic E-state index is -0.939. The van der Waals surface area contributed by atoms with Gasteiger partial charge in [-0.15, -0.1) is 0 Å². The predicted octanol–water partition coefficient (Wildman–Crippen LogP) is 2.32. The molecule has 1 aromatic heterocycles. The summed E-state index contributed by atoms with van der Waals surface area (Å²) in [7, 11) is 0. The number of pyridine rings is 1. The second-order valence-electron chi connectivity index (χ2n) is 6.48. The molecule has 142 valence electrons. The topological polar surface area (TPSA) is 91.8 Å². The van der Waals surface area contributed by atoms with Crippen LogP contribution in [0.2, 0.25) is 0 Å². The van der Waals surface area contributed by atoms with Crippen molar-refractivity contribution in [3.05, 3.63) is 59.4 Å². The van der Waals surface area contributed by atoms with Crippen LogP contribution >= 0.6 is 0 Å². The van der Waals surface area contributed by atoms with Crippen molar-refractivity contribution in [1.29, 1.82) is 0 Å². The molecule has 1 amide bonds. The standard InChI is InChI=1S/C20H23N3O4/c1-14-17(20(26)23-9-10-27-13-16(23)11-19(24)25)6-4-7-18(14)22-12-15-5-2-3-8-21-15/h2-8,16,22H,9-13H2,1H3,(H,24,25)/t16-/m0/s1. The van der Waals surface area contributed by atoms with E-state index < -0.39 is 12.0 Å². The van der Waals surface area contributed by atoms with Gasteiger partial charge in [0.15, 0.2) is 0 Å². The fraction of sp³-hybridized carbons (Fsp3) is 0.350. The summed E-state index contributed by atoms with van der Waals surface area (Å²) in [5.41, 5.74) is 3.16. The number of rotatable bonds is 6. The Labute approximate surface area is 158 Å². The van der Waals surface area contributed by atoms with Crippen molar-refractivity contribution in [1.82, 2.24) is 9.88 Å². The zero-order valence-corrected chi connectivity index (χ0v) is 15.2. The molecule has 0 radical (unpaired) electrons. The molecule has 0 unspecified atom stereocenters. The lowest BCUT2D eigenvalue weighted by molar-refractivity contribution is -0.139. The summed E-state index contributed by atoms with van der Waals surface area (Å²) in [4.78, 5) is 30.1. The molecule has 0 spiro atoms. The van der Waals surface area contributed by atoms with Crippen molar-refractivity contribution in [3.63, 3.8) is 0 Å². The van der Waals surface area contributed by atoms with Crippen molar-refractivity contribution >= 4 is 17.6 Å². The SMILES string of the molecule is Cc1c(NCc2ccccn2)cccc1C(=O)N1CCOC[C@@H]1CC(=O)O. The summed E-state index contributed by atoms with van der Waals surface area (Å²) in [6.45, 7) is 3.49. The Morgan fingerprint density at radius 2 is 2.15 bits per heavy atom. The van der Waals surface area contributed by atoms with Crippen LogP contribution < -0.4 is 5.32 Å². The number of morpholine rings is 1. The van der Waals surface area contributed by atoms with Crippen molar-refractivity contribution in [2.75, 3.05) is 25.1 Å². The fourth-order valence-electron chi connectivity index (χ4n) is 3.19. The highest BCUT2D eigenvalue weighted by atomic mass is 16.5. The first-order valence-corrected chi connectivity index (χ1v) is 8.90. The monoisotopic (exact) mass is 369 g/mol. The molecule has 1 aliphatic rings. The number of aliphatic carboxylic acids is 1. The van der Waals surface area contributed by atoms with Gasteiger partial charge < -0.3 is 20.1 Å². The van der Waals surface area contributed by atoms with Gasteiger partial charge in [-0.3, -0.25) is 14.6 Å². The zero-order valence-electron chi connectivity index (χ0n) is 15.2. The number of carbonyl (C=O) groups excluding carboxylic acids is 1. The summed E-state index contributed by atoms with van der Waals surface area (Å²) >= 11 is 0. The molecule has 1 aliphatic heterocycles. The minimum absolute atomic E-state index is 0.123. The molecule has 2 N–H and O–H groups in total. The second kappa shape index (κ2) is 8.64. The number of aromatic nitrogens is 1. The van der Waals surface area contributed by atoms with Gasteiger partial charge in [-0.05, 0) is 36.8 Å². The van der Waals surface area contributed by atoms with Crippen LogP contribution in [0.1, 0.15) is 28.0 Å². The third-order valence-corrected chi connectivity index (χ3v) is 4.65. The first-order chi connectivity index (χ1) is 13.1. The molecule has 1 saturated heterocycles. The molecule has 7 nitrogen and oxygen atoms in total. The third-order valence-electron chi connectivity index (χ3n) is 4.65. The summed E-state index contributed by atoms with van der Waals surface area (Å²) < 4.78 is 5.36. The molecule has 2 aromatic rings. The van der Waals surface area contributed by atoms with Gasteiger partial charge >= 0.3 is 5.97 Å².